The van der Waals surface area contributed by atoms with Crippen LogP contribution < -0.4 is 10.6 Å². The Bertz CT molecular complexity index is 404. The van der Waals surface area contributed by atoms with Crippen LogP contribution in [0.2, 0.25) is 0 Å². The van der Waals surface area contributed by atoms with Crippen molar-refractivity contribution in [3.63, 3.8) is 0 Å². The molecule has 19 heavy (non-hydrogen) atoms. The fourth-order valence-corrected chi connectivity index (χ4v) is 2.55. The largest absolute Gasteiger partial charge is 0.350 e. The van der Waals surface area contributed by atoms with Crippen LogP contribution in [0.25, 0.3) is 0 Å². The standard InChI is InChI=1S/C14H19BrN2O.ClH/c1-10(11-4-6-12(15)7-5-11)17-14(18)9-13-3-2-8-16-13;/h4-7,10,13,16H,2-3,8-9H2,1H3,(H,17,18);1H. The predicted octanol–water partition coefficient (Wildman–Crippen LogP) is 3.19. The molecule has 1 aliphatic rings. The van der Waals surface area contributed by atoms with E-state index >= 15 is 0 Å². The Morgan fingerprint density at radius 1 is 1.47 bits per heavy atom. The van der Waals surface area contributed by atoms with Crippen LogP contribution in [-0.2, 0) is 4.79 Å². The molecule has 0 aromatic heterocycles. The Morgan fingerprint density at radius 2 is 2.16 bits per heavy atom. The molecule has 0 bridgehead atoms. The number of nitrogens with one attached hydrogen (secondary N) is 2. The summed E-state index contributed by atoms with van der Waals surface area (Å²) in [6.07, 6.45) is 2.88. The number of hydrogen-bond acceptors (Lipinski definition) is 2. The number of carbonyl (C=O) groups excluding carboxylic acids is 1. The third kappa shape index (κ3) is 5.13. The molecular weight excluding hydrogens is 328 g/mol. The summed E-state index contributed by atoms with van der Waals surface area (Å²) in [6, 6.07) is 8.48. The lowest BCUT2D eigenvalue weighted by Gasteiger charge is -2.16. The second kappa shape index (κ2) is 7.88. The summed E-state index contributed by atoms with van der Waals surface area (Å²) in [5.41, 5.74) is 1.13. The first-order valence-electron chi connectivity index (χ1n) is 6.43. The van der Waals surface area contributed by atoms with Crippen molar-refractivity contribution in [2.45, 2.75) is 38.3 Å². The van der Waals surface area contributed by atoms with Crippen molar-refractivity contribution in [2.75, 3.05) is 6.54 Å². The Hall–Kier alpha value is -0.580. The molecule has 0 spiro atoms. The highest BCUT2D eigenvalue weighted by atomic mass is 79.9. The maximum absolute atomic E-state index is 11.9. The highest BCUT2D eigenvalue weighted by molar-refractivity contribution is 9.10. The van der Waals surface area contributed by atoms with Gasteiger partial charge in [0.05, 0.1) is 6.04 Å². The highest BCUT2D eigenvalue weighted by Crippen LogP contribution is 2.17. The van der Waals surface area contributed by atoms with Gasteiger partial charge in [-0.05, 0) is 44.0 Å². The quantitative estimate of drug-likeness (QED) is 0.878. The van der Waals surface area contributed by atoms with Gasteiger partial charge in [-0.1, -0.05) is 28.1 Å². The molecule has 2 atom stereocenters. The predicted molar refractivity (Wildman–Crippen MR) is 83.6 cm³/mol. The molecule has 1 aromatic rings. The van der Waals surface area contributed by atoms with E-state index < -0.39 is 0 Å². The van der Waals surface area contributed by atoms with E-state index in [0.717, 1.165) is 23.0 Å². The molecule has 2 rings (SSSR count). The minimum Gasteiger partial charge on any atom is -0.350 e. The first-order chi connectivity index (χ1) is 8.65. The summed E-state index contributed by atoms with van der Waals surface area (Å²) in [7, 11) is 0. The summed E-state index contributed by atoms with van der Waals surface area (Å²) in [5, 5.41) is 6.39. The molecule has 1 aliphatic heterocycles. The van der Waals surface area contributed by atoms with Crippen LogP contribution in [0.1, 0.15) is 37.8 Å². The third-order valence-electron chi connectivity index (χ3n) is 3.34. The molecule has 1 amide bonds. The van der Waals surface area contributed by atoms with Gasteiger partial charge in [0, 0.05) is 16.9 Å². The van der Waals surface area contributed by atoms with Crippen LogP contribution in [0.3, 0.4) is 0 Å². The topological polar surface area (TPSA) is 41.1 Å². The van der Waals surface area contributed by atoms with Crippen LogP contribution in [-0.4, -0.2) is 18.5 Å². The fraction of sp³-hybridized carbons (Fsp3) is 0.500. The van der Waals surface area contributed by atoms with Gasteiger partial charge < -0.3 is 10.6 Å². The molecule has 0 radical (unpaired) electrons. The lowest BCUT2D eigenvalue weighted by atomic mass is 10.1. The molecule has 0 saturated carbocycles. The summed E-state index contributed by atoms with van der Waals surface area (Å²) < 4.78 is 1.06. The van der Waals surface area contributed by atoms with Crippen molar-refractivity contribution < 1.29 is 4.79 Å². The van der Waals surface area contributed by atoms with E-state index in [2.05, 4.69) is 26.6 Å². The van der Waals surface area contributed by atoms with Crippen LogP contribution in [0.5, 0.6) is 0 Å². The van der Waals surface area contributed by atoms with Gasteiger partial charge in [-0.15, -0.1) is 12.4 Å². The van der Waals surface area contributed by atoms with Gasteiger partial charge in [0.1, 0.15) is 0 Å². The van der Waals surface area contributed by atoms with Crippen molar-refractivity contribution in [3.8, 4) is 0 Å². The van der Waals surface area contributed by atoms with Gasteiger partial charge in [0.2, 0.25) is 5.91 Å². The zero-order valence-corrected chi connectivity index (χ0v) is 13.4. The van der Waals surface area contributed by atoms with Crippen LogP contribution in [0.4, 0.5) is 0 Å². The van der Waals surface area contributed by atoms with Crippen molar-refractivity contribution in [2.24, 2.45) is 0 Å². The molecule has 1 heterocycles. The van der Waals surface area contributed by atoms with E-state index in [0.29, 0.717) is 12.5 Å². The molecule has 5 heteroatoms. The average Bonchev–Trinajstić information content (AvgIpc) is 2.82. The first kappa shape index (κ1) is 16.5. The van der Waals surface area contributed by atoms with Crippen molar-refractivity contribution >= 4 is 34.2 Å². The molecule has 3 nitrogen and oxygen atoms in total. The number of benzene rings is 1. The van der Waals surface area contributed by atoms with Gasteiger partial charge in [-0.2, -0.15) is 0 Å². The number of hydrogen-bond donors (Lipinski definition) is 2. The normalized spacial score (nSPS) is 19.6. The van der Waals surface area contributed by atoms with Gasteiger partial charge in [0.25, 0.3) is 0 Å². The van der Waals surface area contributed by atoms with E-state index in [9.17, 15) is 4.79 Å². The van der Waals surface area contributed by atoms with E-state index in [4.69, 9.17) is 0 Å². The molecule has 1 saturated heterocycles. The lowest BCUT2D eigenvalue weighted by molar-refractivity contribution is -0.122. The Labute approximate surface area is 129 Å². The number of carbonyl (C=O) groups is 1. The van der Waals surface area contributed by atoms with Crippen LogP contribution in [0.15, 0.2) is 28.7 Å². The molecule has 1 fully saturated rings. The van der Waals surface area contributed by atoms with E-state index in [1.807, 2.05) is 31.2 Å². The smallest absolute Gasteiger partial charge is 0.222 e. The maximum atomic E-state index is 11.9. The van der Waals surface area contributed by atoms with Crippen molar-refractivity contribution in [1.29, 1.82) is 0 Å². The first-order valence-corrected chi connectivity index (χ1v) is 7.22. The average molecular weight is 348 g/mol. The van der Waals surface area contributed by atoms with Gasteiger partial charge >= 0.3 is 0 Å². The molecular formula is C14H20BrClN2O. The summed E-state index contributed by atoms with van der Waals surface area (Å²) >= 11 is 3.41. The molecule has 106 valence electrons. The second-order valence-electron chi connectivity index (χ2n) is 4.84. The lowest BCUT2D eigenvalue weighted by Crippen LogP contribution is -2.33. The third-order valence-corrected chi connectivity index (χ3v) is 3.87. The van der Waals surface area contributed by atoms with Gasteiger partial charge in [-0.3, -0.25) is 4.79 Å². The highest BCUT2D eigenvalue weighted by Gasteiger charge is 2.18. The Balaban J connectivity index is 0.00000180. The monoisotopic (exact) mass is 346 g/mol. The fourth-order valence-electron chi connectivity index (χ4n) is 2.29. The Kier molecular flexibility index (Phi) is 6.83. The minimum absolute atomic E-state index is 0. The number of amides is 1. The zero-order valence-electron chi connectivity index (χ0n) is 11.0. The van der Waals surface area contributed by atoms with Crippen molar-refractivity contribution in [3.05, 3.63) is 34.3 Å². The van der Waals surface area contributed by atoms with Gasteiger partial charge in [-0.25, -0.2) is 0 Å². The summed E-state index contributed by atoms with van der Waals surface area (Å²) in [6.45, 7) is 3.06. The number of halogens is 2. The van der Waals surface area contributed by atoms with E-state index in [1.165, 1.54) is 6.42 Å². The van der Waals surface area contributed by atoms with Crippen LogP contribution >= 0.6 is 28.3 Å². The molecule has 0 aliphatic carbocycles. The van der Waals surface area contributed by atoms with E-state index in [1.54, 1.807) is 0 Å². The SMILES string of the molecule is CC(NC(=O)CC1CCCN1)c1ccc(Br)cc1.Cl. The Morgan fingerprint density at radius 3 is 2.74 bits per heavy atom. The molecule has 2 unspecified atom stereocenters. The van der Waals surface area contributed by atoms with Crippen molar-refractivity contribution in [1.82, 2.24) is 10.6 Å². The molecule has 2 N–H and O–H groups in total. The zero-order chi connectivity index (χ0) is 13.0. The summed E-state index contributed by atoms with van der Waals surface area (Å²) in [5.74, 6) is 0.129. The molecule has 1 aromatic carbocycles. The minimum atomic E-state index is 0. The van der Waals surface area contributed by atoms with Crippen LogP contribution in [0, 0.1) is 0 Å². The summed E-state index contributed by atoms with van der Waals surface area (Å²) in [4.78, 5) is 11.9. The second-order valence-corrected chi connectivity index (χ2v) is 5.75. The number of rotatable bonds is 4. The maximum Gasteiger partial charge on any atom is 0.222 e. The van der Waals surface area contributed by atoms with Gasteiger partial charge in [0.15, 0.2) is 0 Å². The van der Waals surface area contributed by atoms with E-state index in [-0.39, 0.29) is 24.4 Å².